The average molecular weight is 239 g/mol. The Hall–Kier alpha value is -1.62. The first-order chi connectivity index (χ1) is 7.70. The largest absolute Gasteiger partial charge is 0.334 e. The van der Waals surface area contributed by atoms with Crippen molar-refractivity contribution in [3.63, 3.8) is 0 Å². The van der Waals surface area contributed by atoms with E-state index in [-0.39, 0.29) is 10.7 Å². The van der Waals surface area contributed by atoms with Gasteiger partial charge in [0.1, 0.15) is 11.0 Å². The summed E-state index contributed by atoms with van der Waals surface area (Å²) in [5.74, 6) is 0.828. The molecule has 0 aliphatic heterocycles. The first kappa shape index (κ1) is 10.9. The lowest BCUT2D eigenvalue weighted by Crippen LogP contribution is -2.21. The average Bonchev–Trinajstić information content (AvgIpc) is 2.69. The molecule has 0 bridgehead atoms. The molecule has 0 unspecified atom stereocenters. The maximum Gasteiger partial charge on any atom is 0.255 e. The summed E-state index contributed by atoms with van der Waals surface area (Å²) < 4.78 is 3.45. The molecule has 0 aliphatic carbocycles. The Morgan fingerprint density at radius 3 is 2.88 bits per heavy atom. The second-order valence-corrected chi connectivity index (χ2v) is 3.69. The SMILES string of the molecule is CCn1ccnc1Cn1cnc(Cl)cc1=O. The van der Waals surface area contributed by atoms with Crippen molar-refractivity contribution < 1.29 is 0 Å². The molecule has 0 saturated heterocycles. The number of aryl methyl sites for hydroxylation is 1. The van der Waals surface area contributed by atoms with Crippen molar-refractivity contribution in [2.75, 3.05) is 0 Å². The molecular weight excluding hydrogens is 228 g/mol. The molecule has 16 heavy (non-hydrogen) atoms. The molecule has 2 rings (SSSR count). The van der Waals surface area contributed by atoms with Crippen LogP contribution in [0.5, 0.6) is 0 Å². The normalized spacial score (nSPS) is 10.6. The minimum Gasteiger partial charge on any atom is -0.334 e. The Labute approximate surface area is 97.3 Å². The molecule has 6 heteroatoms. The smallest absolute Gasteiger partial charge is 0.255 e. The van der Waals surface area contributed by atoms with Crippen LogP contribution in [0.25, 0.3) is 0 Å². The van der Waals surface area contributed by atoms with Crippen LogP contribution in [-0.2, 0) is 13.1 Å². The number of aromatic nitrogens is 4. The van der Waals surface area contributed by atoms with Crippen molar-refractivity contribution in [2.45, 2.75) is 20.0 Å². The van der Waals surface area contributed by atoms with Crippen LogP contribution >= 0.6 is 11.6 Å². The number of rotatable bonds is 3. The first-order valence-corrected chi connectivity index (χ1v) is 5.30. The van der Waals surface area contributed by atoms with E-state index < -0.39 is 0 Å². The Kier molecular flexibility index (Phi) is 3.05. The first-order valence-electron chi connectivity index (χ1n) is 4.92. The quantitative estimate of drug-likeness (QED) is 0.754. The summed E-state index contributed by atoms with van der Waals surface area (Å²) in [6.07, 6.45) is 5.02. The van der Waals surface area contributed by atoms with Crippen LogP contribution in [0.2, 0.25) is 5.15 Å². The lowest BCUT2D eigenvalue weighted by Gasteiger charge is -2.06. The molecule has 2 heterocycles. The van der Waals surface area contributed by atoms with Crippen LogP contribution in [-0.4, -0.2) is 19.1 Å². The fourth-order valence-corrected chi connectivity index (χ4v) is 1.59. The third-order valence-electron chi connectivity index (χ3n) is 2.30. The summed E-state index contributed by atoms with van der Waals surface area (Å²) in [7, 11) is 0. The highest BCUT2D eigenvalue weighted by molar-refractivity contribution is 6.29. The lowest BCUT2D eigenvalue weighted by atomic mass is 10.5. The van der Waals surface area contributed by atoms with E-state index in [2.05, 4.69) is 9.97 Å². The topological polar surface area (TPSA) is 52.7 Å². The van der Waals surface area contributed by atoms with Gasteiger partial charge in [0, 0.05) is 25.0 Å². The summed E-state index contributed by atoms with van der Waals surface area (Å²) in [6.45, 7) is 3.25. The van der Waals surface area contributed by atoms with Gasteiger partial charge in [0.15, 0.2) is 0 Å². The van der Waals surface area contributed by atoms with Crippen molar-refractivity contribution in [3.05, 3.63) is 46.1 Å². The molecule has 2 aromatic heterocycles. The van der Waals surface area contributed by atoms with E-state index in [9.17, 15) is 4.79 Å². The molecule has 0 amide bonds. The highest BCUT2D eigenvalue weighted by Gasteiger charge is 2.04. The van der Waals surface area contributed by atoms with Gasteiger partial charge in [-0.2, -0.15) is 0 Å². The summed E-state index contributed by atoms with van der Waals surface area (Å²) in [4.78, 5) is 19.6. The van der Waals surface area contributed by atoms with Gasteiger partial charge in [0.2, 0.25) is 0 Å². The summed E-state index contributed by atoms with van der Waals surface area (Å²) in [5.41, 5.74) is -0.175. The van der Waals surface area contributed by atoms with E-state index in [0.29, 0.717) is 6.54 Å². The Morgan fingerprint density at radius 1 is 1.38 bits per heavy atom. The Balaban J connectivity index is 2.31. The molecule has 0 aromatic carbocycles. The summed E-state index contributed by atoms with van der Waals surface area (Å²) in [5, 5.41) is 0.208. The van der Waals surface area contributed by atoms with Crippen LogP contribution in [0.15, 0.2) is 29.6 Å². The van der Waals surface area contributed by atoms with E-state index in [1.165, 1.54) is 17.0 Å². The minimum absolute atomic E-state index is 0.175. The number of halogens is 1. The van der Waals surface area contributed by atoms with Gasteiger partial charge in [-0.1, -0.05) is 11.6 Å². The molecule has 0 N–H and O–H groups in total. The highest BCUT2D eigenvalue weighted by Crippen LogP contribution is 2.01. The van der Waals surface area contributed by atoms with E-state index in [0.717, 1.165) is 12.4 Å². The van der Waals surface area contributed by atoms with E-state index >= 15 is 0 Å². The second-order valence-electron chi connectivity index (χ2n) is 3.31. The molecule has 84 valence electrons. The van der Waals surface area contributed by atoms with E-state index in [1.54, 1.807) is 6.20 Å². The van der Waals surface area contributed by atoms with Crippen LogP contribution in [0.3, 0.4) is 0 Å². The molecule has 5 nitrogen and oxygen atoms in total. The number of hydrogen-bond acceptors (Lipinski definition) is 3. The molecule has 0 fully saturated rings. The van der Waals surface area contributed by atoms with Gasteiger partial charge in [0.25, 0.3) is 5.56 Å². The van der Waals surface area contributed by atoms with Crippen molar-refractivity contribution in [2.24, 2.45) is 0 Å². The third-order valence-corrected chi connectivity index (χ3v) is 2.51. The van der Waals surface area contributed by atoms with Crippen molar-refractivity contribution >= 4 is 11.6 Å². The zero-order valence-corrected chi connectivity index (χ0v) is 9.55. The molecule has 0 atom stereocenters. The van der Waals surface area contributed by atoms with Crippen molar-refractivity contribution in [1.29, 1.82) is 0 Å². The van der Waals surface area contributed by atoms with Crippen molar-refractivity contribution in [1.82, 2.24) is 19.1 Å². The van der Waals surface area contributed by atoms with Crippen molar-refractivity contribution in [3.8, 4) is 0 Å². The van der Waals surface area contributed by atoms with Gasteiger partial charge < -0.3 is 4.57 Å². The zero-order valence-electron chi connectivity index (χ0n) is 8.80. The van der Waals surface area contributed by atoms with Crippen LogP contribution in [0.1, 0.15) is 12.7 Å². The van der Waals surface area contributed by atoms with Gasteiger partial charge in [-0.3, -0.25) is 9.36 Å². The van der Waals surface area contributed by atoms with E-state index in [1.807, 2.05) is 17.7 Å². The maximum absolute atomic E-state index is 11.6. The third kappa shape index (κ3) is 2.14. The molecule has 0 saturated carbocycles. The Bertz CT molecular complexity index is 546. The molecule has 2 aromatic rings. The van der Waals surface area contributed by atoms with E-state index in [4.69, 9.17) is 11.6 Å². The fraction of sp³-hybridized carbons (Fsp3) is 0.300. The molecular formula is C10H11ClN4O. The monoisotopic (exact) mass is 238 g/mol. The molecule has 0 aliphatic rings. The maximum atomic E-state index is 11.6. The predicted molar refractivity (Wildman–Crippen MR) is 60.5 cm³/mol. The molecule has 0 radical (unpaired) electrons. The standard InChI is InChI=1S/C10H11ClN4O/c1-2-14-4-3-12-9(14)6-15-7-13-8(11)5-10(15)16/h3-5,7H,2,6H2,1H3. The minimum atomic E-state index is -0.175. The zero-order chi connectivity index (χ0) is 11.5. The van der Waals surface area contributed by atoms with Gasteiger partial charge in [0.05, 0.1) is 12.9 Å². The highest BCUT2D eigenvalue weighted by atomic mass is 35.5. The Morgan fingerprint density at radius 2 is 2.19 bits per heavy atom. The number of nitrogens with zero attached hydrogens (tertiary/aromatic N) is 4. The number of hydrogen-bond donors (Lipinski definition) is 0. The van der Waals surface area contributed by atoms with Crippen LogP contribution in [0, 0.1) is 0 Å². The van der Waals surface area contributed by atoms with Gasteiger partial charge in [-0.15, -0.1) is 0 Å². The summed E-state index contributed by atoms with van der Waals surface area (Å²) in [6, 6.07) is 1.29. The van der Waals surface area contributed by atoms with Crippen LogP contribution < -0.4 is 5.56 Å². The predicted octanol–water partition coefficient (Wildman–Crippen LogP) is 1.16. The number of imidazole rings is 1. The fourth-order valence-electron chi connectivity index (χ4n) is 1.45. The van der Waals surface area contributed by atoms with Gasteiger partial charge in [-0.25, -0.2) is 9.97 Å². The summed E-state index contributed by atoms with van der Waals surface area (Å²) >= 11 is 5.61. The van der Waals surface area contributed by atoms with Gasteiger partial charge >= 0.3 is 0 Å². The second kappa shape index (κ2) is 4.49. The van der Waals surface area contributed by atoms with Gasteiger partial charge in [-0.05, 0) is 6.92 Å². The molecule has 0 spiro atoms. The lowest BCUT2D eigenvalue weighted by molar-refractivity contribution is 0.631. The van der Waals surface area contributed by atoms with Crippen LogP contribution in [0.4, 0.5) is 0 Å².